The fourth-order valence-corrected chi connectivity index (χ4v) is 2.17. The second-order valence-corrected chi connectivity index (χ2v) is 4.59. The topological polar surface area (TPSA) is 32.3 Å². The Morgan fingerprint density at radius 3 is 2.47 bits per heavy atom. The van der Waals surface area contributed by atoms with Crippen LogP contribution in [0.1, 0.15) is 5.56 Å². The summed E-state index contributed by atoms with van der Waals surface area (Å²) in [6.07, 6.45) is 0. The number of hydrogen-bond donors (Lipinski definition) is 2. The molecule has 3 aromatic rings. The molecule has 94 valence electrons. The molecule has 2 heteroatoms. The zero-order chi connectivity index (χ0) is 13.1. The number of phenolic OH excluding ortho intramolecular Hbond substituents is 1. The van der Waals surface area contributed by atoms with E-state index in [1.165, 1.54) is 10.8 Å². The predicted molar refractivity (Wildman–Crippen MR) is 79.4 cm³/mol. The van der Waals surface area contributed by atoms with Crippen molar-refractivity contribution in [3.8, 4) is 5.75 Å². The zero-order valence-electron chi connectivity index (χ0n) is 10.5. The average Bonchev–Trinajstić information content (AvgIpc) is 2.45. The van der Waals surface area contributed by atoms with Crippen molar-refractivity contribution in [3.05, 3.63) is 72.3 Å². The van der Waals surface area contributed by atoms with Crippen LogP contribution in [0.5, 0.6) is 5.75 Å². The van der Waals surface area contributed by atoms with Gasteiger partial charge in [-0.05, 0) is 40.6 Å². The van der Waals surface area contributed by atoms with Crippen LogP contribution in [0.3, 0.4) is 0 Å². The van der Waals surface area contributed by atoms with Gasteiger partial charge in [0.05, 0.1) is 0 Å². The highest BCUT2D eigenvalue weighted by Gasteiger charge is 1.97. The molecule has 3 aromatic carbocycles. The lowest BCUT2D eigenvalue weighted by atomic mass is 10.1. The molecule has 0 unspecified atom stereocenters. The molecule has 19 heavy (non-hydrogen) atoms. The van der Waals surface area contributed by atoms with E-state index in [0.717, 1.165) is 11.3 Å². The molecular formula is C17H15NO. The Morgan fingerprint density at radius 1 is 0.789 bits per heavy atom. The summed E-state index contributed by atoms with van der Waals surface area (Å²) in [4.78, 5) is 0. The van der Waals surface area contributed by atoms with Gasteiger partial charge in [0.15, 0.2) is 0 Å². The van der Waals surface area contributed by atoms with Crippen LogP contribution in [0.4, 0.5) is 5.69 Å². The quantitative estimate of drug-likeness (QED) is 0.730. The first-order valence-corrected chi connectivity index (χ1v) is 6.32. The van der Waals surface area contributed by atoms with Gasteiger partial charge in [0.1, 0.15) is 5.75 Å². The molecule has 2 N–H and O–H groups in total. The first-order chi connectivity index (χ1) is 9.31. The number of fused-ring (bicyclic) bond motifs is 1. The van der Waals surface area contributed by atoms with E-state index in [2.05, 4.69) is 35.6 Å². The van der Waals surface area contributed by atoms with Crippen molar-refractivity contribution < 1.29 is 5.11 Å². The summed E-state index contributed by atoms with van der Waals surface area (Å²) >= 11 is 0. The maximum Gasteiger partial charge on any atom is 0.115 e. The molecule has 0 saturated carbocycles. The third-order valence-corrected chi connectivity index (χ3v) is 3.16. The first kappa shape index (κ1) is 11.6. The fraction of sp³-hybridized carbons (Fsp3) is 0.0588. The third-order valence-electron chi connectivity index (χ3n) is 3.16. The van der Waals surface area contributed by atoms with E-state index in [4.69, 9.17) is 0 Å². The highest BCUT2D eigenvalue weighted by molar-refractivity contribution is 5.85. The van der Waals surface area contributed by atoms with Gasteiger partial charge >= 0.3 is 0 Å². The van der Waals surface area contributed by atoms with Gasteiger partial charge in [-0.3, -0.25) is 0 Å². The van der Waals surface area contributed by atoms with Gasteiger partial charge in [-0.15, -0.1) is 0 Å². The van der Waals surface area contributed by atoms with Crippen LogP contribution in [0.15, 0.2) is 66.7 Å². The average molecular weight is 249 g/mol. The van der Waals surface area contributed by atoms with E-state index < -0.39 is 0 Å². The van der Waals surface area contributed by atoms with Crippen molar-refractivity contribution in [2.45, 2.75) is 6.54 Å². The van der Waals surface area contributed by atoms with E-state index in [9.17, 15) is 5.11 Å². The minimum Gasteiger partial charge on any atom is -0.508 e. The minimum atomic E-state index is 0.304. The molecule has 0 aliphatic rings. The number of aromatic hydroxyl groups is 1. The van der Waals surface area contributed by atoms with Crippen molar-refractivity contribution in [3.63, 3.8) is 0 Å². The molecule has 0 aliphatic carbocycles. The summed E-state index contributed by atoms with van der Waals surface area (Å²) in [5.41, 5.74) is 2.15. The number of rotatable bonds is 3. The zero-order valence-corrected chi connectivity index (χ0v) is 10.5. The molecule has 0 saturated heterocycles. The Morgan fingerprint density at radius 2 is 1.63 bits per heavy atom. The van der Waals surface area contributed by atoms with Crippen molar-refractivity contribution >= 4 is 16.5 Å². The molecule has 3 rings (SSSR count). The van der Waals surface area contributed by atoms with Crippen LogP contribution in [0, 0.1) is 0 Å². The summed E-state index contributed by atoms with van der Waals surface area (Å²) in [6.45, 7) is 0.701. The van der Waals surface area contributed by atoms with Crippen molar-refractivity contribution in [1.82, 2.24) is 0 Å². The summed E-state index contributed by atoms with van der Waals surface area (Å²) in [5, 5.41) is 15.3. The highest BCUT2D eigenvalue weighted by atomic mass is 16.3. The third kappa shape index (κ3) is 2.68. The van der Waals surface area contributed by atoms with Crippen molar-refractivity contribution in [1.29, 1.82) is 0 Å². The second kappa shape index (κ2) is 5.02. The molecule has 0 amide bonds. The van der Waals surface area contributed by atoms with E-state index in [1.54, 1.807) is 12.1 Å². The van der Waals surface area contributed by atoms with Crippen molar-refractivity contribution in [2.75, 3.05) is 5.32 Å². The van der Waals surface area contributed by atoms with Crippen LogP contribution in [0.2, 0.25) is 0 Å². The van der Waals surface area contributed by atoms with E-state index in [-0.39, 0.29) is 0 Å². The molecule has 0 heterocycles. The molecule has 0 bridgehead atoms. The summed E-state index contributed by atoms with van der Waals surface area (Å²) in [6, 6.07) is 21.9. The van der Waals surface area contributed by atoms with Crippen LogP contribution in [-0.2, 0) is 6.54 Å². The normalized spacial score (nSPS) is 10.5. The summed E-state index contributed by atoms with van der Waals surface area (Å²) in [7, 11) is 0. The van der Waals surface area contributed by atoms with Gasteiger partial charge in [0.2, 0.25) is 0 Å². The second-order valence-electron chi connectivity index (χ2n) is 4.59. The Bertz CT molecular complexity index is 706. The Labute approximate surface area is 112 Å². The van der Waals surface area contributed by atoms with Crippen LogP contribution in [0.25, 0.3) is 10.8 Å². The maximum atomic E-state index is 9.42. The summed E-state index contributed by atoms with van der Waals surface area (Å²) in [5.74, 6) is 0.304. The maximum absolute atomic E-state index is 9.42. The molecule has 0 fully saturated rings. The Balaban J connectivity index is 1.78. The van der Waals surface area contributed by atoms with Crippen molar-refractivity contribution in [2.24, 2.45) is 0 Å². The molecule has 0 radical (unpaired) electrons. The standard InChI is InChI=1S/C17H15NO/c19-17-7-3-4-13(10-17)12-18-16-9-8-14-5-1-2-6-15(14)11-16/h1-11,18-19H,12H2. The van der Waals surface area contributed by atoms with Gasteiger partial charge in [0, 0.05) is 12.2 Å². The molecule has 2 nitrogen and oxygen atoms in total. The van der Waals surface area contributed by atoms with Crippen LogP contribution in [-0.4, -0.2) is 5.11 Å². The fourth-order valence-electron chi connectivity index (χ4n) is 2.17. The SMILES string of the molecule is Oc1cccc(CNc2ccc3ccccc3c2)c1. The molecule has 0 spiro atoms. The lowest BCUT2D eigenvalue weighted by Gasteiger charge is -2.08. The van der Waals surface area contributed by atoms with E-state index >= 15 is 0 Å². The molecule has 0 aromatic heterocycles. The number of hydrogen-bond acceptors (Lipinski definition) is 2. The van der Waals surface area contributed by atoms with E-state index in [1.807, 2.05) is 24.3 Å². The first-order valence-electron chi connectivity index (χ1n) is 6.32. The van der Waals surface area contributed by atoms with Gasteiger partial charge in [-0.2, -0.15) is 0 Å². The largest absolute Gasteiger partial charge is 0.508 e. The van der Waals surface area contributed by atoms with Crippen LogP contribution < -0.4 is 5.32 Å². The highest BCUT2D eigenvalue weighted by Crippen LogP contribution is 2.20. The lowest BCUT2D eigenvalue weighted by Crippen LogP contribution is -1.98. The molecule has 0 atom stereocenters. The monoisotopic (exact) mass is 249 g/mol. The Kier molecular flexibility index (Phi) is 3.07. The van der Waals surface area contributed by atoms with E-state index in [0.29, 0.717) is 12.3 Å². The molecule has 0 aliphatic heterocycles. The lowest BCUT2D eigenvalue weighted by molar-refractivity contribution is 0.474. The number of phenols is 1. The van der Waals surface area contributed by atoms with Gasteiger partial charge in [-0.1, -0.05) is 42.5 Å². The van der Waals surface area contributed by atoms with Crippen LogP contribution >= 0.6 is 0 Å². The van der Waals surface area contributed by atoms with Gasteiger partial charge < -0.3 is 10.4 Å². The van der Waals surface area contributed by atoms with Gasteiger partial charge in [-0.25, -0.2) is 0 Å². The Hall–Kier alpha value is -2.48. The molecular weight excluding hydrogens is 234 g/mol. The smallest absolute Gasteiger partial charge is 0.115 e. The van der Waals surface area contributed by atoms with Gasteiger partial charge in [0.25, 0.3) is 0 Å². The number of nitrogens with one attached hydrogen (secondary N) is 1. The summed E-state index contributed by atoms with van der Waals surface area (Å²) < 4.78 is 0. The minimum absolute atomic E-state index is 0.304. The number of anilines is 1. The number of benzene rings is 3. The predicted octanol–water partition coefficient (Wildman–Crippen LogP) is 4.16.